The minimum absolute atomic E-state index is 0.0949. The van der Waals surface area contributed by atoms with E-state index in [0.717, 1.165) is 0 Å². The van der Waals surface area contributed by atoms with Crippen molar-refractivity contribution in [1.82, 2.24) is 14.7 Å². The minimum Gasteiger partial charge on any atom is -0.495 e. The number of hydrogen-bond acceptors (Lipinski definition) is 7. The van der Waals surface area contributed by atoms with Crippen molar-refractivity contribution in [2.24, 2.45) is 0 Å². The van der Waals surface area contributed by atoms with Gasteiger partial charge in [0.1, 0.15) is 5.75 Å². The van der Waals surface area contributed by atoms with Gasteiger partial charge in [0.25, 0.3) is 5.92 Å². The molecule has 2 fully saturated rings. The number of methoxy groups -OCH3 is 1. The molecule has 0 bridgehead atoms. The quantitative estimate of drug-likeness (QED) is 0.394. The molecule has 1 unspecified atom stereocenters. The zero-order valence-corrected chi connectivity index (χ0v) is 24.5. The number of carbonyl (C=O) groups is 3. The Morgan fingerprint density at radius 1 is 1.02 bits per heavy atom. The third kappa shape index (κ3) is 8.52. The van der Waals surface area contributed by atoms with Gasteiger partial charge in [0, 0.05) is 39.1 Å². The number of anilines is 2. The van der Waals surface area contributed by atoms with Gasteiger partial charge in [-0.25, -0.2) is 13.6 Å². The smallest absolute Gasteiger partial charge is 0.323 e. The number of esters is 1. The molecule has 4 rings (SSSR count). The molecule has 3 amide bonds. The number of amides is 3. The molecule has 0 aliphatic carbocycles. The molecule has 2 heterocycles. The van der Waals surface area contributed by atoms with Crippen molar-refractivity contribution in [2.45, 2.75) is 31.7 Å². The van der Waals surface area contributed by atoms with Gasteiger partial charge in [-0.2, -0.15) is 0 Å². The van der Waals surface area contributed by atoms with Crippen LogP contribution in [-0.4, -0.2) is 104 Å². The van der Waals surface area contributed by atoms with Crippen LogP contribution in [0.3, 0.4) is 0 Å². The van der Waals surface area contributed by atoms with Crippen molar-refractivity contribution in [3.63, 3.8) is 0 Å². The van der Waals surface area contributed by atoms with Crippen LogP contribution in [0.15, 0.2) is 42.5 Å². The first-order valence-corrected chi connectivity index (χ1v) is 14.2. The first-order chi connectivity index (χ1) is 20.1. The Kier molecular flexibility index (Phi) is 10.6. The Bertz CT molecular complexity index is 1270. The molecular formula is C29H36ClF2N5O5. The predicted octanol–water partition coefficient (Wildman–Crippen LogP) is 3.95. The van der Waals surface area contributed by atoms with E-state index in [1.165, 1.54) is 12.0 Å². The highest BCUT2D eigenvalue weighted by Crippen LogP contribution is 2.34. The van der Waals surface area contributed by atoms with E-state index in [1.54, 1.807) is 49.4 Å². The fourth-order valence-corrected chi connectivity index (χ4v) is 5.42. The number of hydrogen-bond donors (Lipinski definition) is 2. The molecule has 2 aromatic rings. The van der Waals surface area contributed by atoms with Crippen molar-refractivity contribution in [3.8, 4) is 5.75 Å². The molecule has 0 spiro atoms. The number of ether oxygens (including phenoxy) is 2. The van der Waals surface area contributed by atoms with Crippen molar-refractivity contribution in [3.05, 3.63) is 53.1 Å². The van der Waals surface area contributed by atoms with Crippen LogP contribution in [0.5, 0.6) is 5.75 Å². The Balaban J connectivity index is 1.34. The van der Waals surface area contributed by atoms with Gasteiger partial charge in [0.05, 0.1) is 55.7 Å². The number of halogens is 3. The van der Waals surface area contributed by atoms with Gasteiger partial charge in [-0.05, 0) is 36.8 Å². The summed E-state index contributed by atoms with van der Waals surface area (Å²) in [5.41, 5.74) is 1.37. The molecule has 0 saturated carbocycles. The second kappa shape index (κ2) is 14.1. The highest BCUT2D eigenvalue weighted by molar-refractivity contribution is 6.33. The zero-order chi connectivity index (χ0) is 30.3. The number of nitrogens with one attached hydrogen (secondary N) is 2. The lowest BCUT2D eigenvalue weighted by atomic mass is 10.1. The summed E-state index contributed by atoms with van der Waals surface area (Å²) in [6.07, 6.45) is -0.489. The van der Waals surface area contributed by atoms with Crippen LogP contribution in [0.25, 0.3) is 0 Å². The van der Waals surface area contributed by atoms with E-state index in [9.17, 15) is 23.2 Å². The number of piperazine rings is 1. The molecule has 13 heteroatoms. The minimum atomic E-state index is -2.97. The summed E-state index contributed by atoms with van der Waals surface area (Å²) in [5, 5.41) is 5.74. The molecule has 10 nitrogen and oxygen atoms in total. The summed E-state index contributed by atoms with van der Waals surface area (Å²) in [6, 6.07) is 10.5. The number of nitrogens with zero attached hydrogens (tertiary/aromatic N) is 3. The fourth-order valence-electron chi connectivity index (χ4n) is 5.23. The van der Waals surface area contributed by atoms with Crippen LogP contribution >= 0.6 is 11.6 Å². The van der Waals surface area contributed by atoms with Crippen LogP contribution in [0.2, 0.25) is 5.02 Å². The van der Waals surface area contributed by atoms with Crippen LogP contribution < -0.4 is 15.4 Å². The molecule has 2 saturated heterocycles. The van der Waals surface area contributed by atoms with Gasteiger partial charge >= 0.3 is 12.0 Å². The lowest BCUT2D eigenvalue weighted by molar-refractivity contribution is -0.145. The van der Waals surface area contributed by atoms with E-state index in [0.29, 0.717) is 67.0 Å². The Morgan fingerprint density at radius 2 is 1.71 bits per heavy atom. The maximum Gasteiger partial charge on any atom is 0.323 e. The van der Waals surface area contributed by atoms with E-state index in [1.807, 2.05) is 4.90 Å². The van der Waals surface area contributed by atoms with E-state index in [4.69, 9.17) is 21.1 Å². The Labute approximate surface area is 248 Å². The molecule has 2 aliphatic rings. The average molecular weight is 608 g/mol. The summed E-state index contributed by atoms with van der Waals surface area (Å²) in [7, 11) is 1.43. The normalized spacial score (nSPS) is 18.9. The van der Waals surface area contributed by atoms with Crippen molar-refractivity contribution in [2.75, 3.05) is 70.2 Å². The maximum atomic E-state index is 14.5. The van der Waals surface area contributed by atoms with E-state index in [2.05, 4.69) is 15.5 Å². The third-order valence-electron chi connectivity index (χ3n) is 7.28. The Morgan fingerprint density at radius 3 is 2.40 bits per heavy atom. The van der Waals surface area contributed by atoms with E-state index in [-0.39, 0.29) is 18.9 Å². The summed E-state index contributed by atoms with van der Waals surface area (Å²) in [4.78, 5) is 42.8. The van der Waals surface area contributed by atoms with Crippen LogP contribution in [0.4, 0.5) is 25.0 Å². The number of carbonyl (C=O) groups excluding carboxylic acids is 3. The summed E-state index contributed by atoms with van der Waals surface area (Å²) in [5.74, 6) is -3.33. The molecule has 0 radical (unpaired) electrons. The lowest BCUT2D eigenvalue weighted by Crippen LogP contribution is -2.52. The topological polar surface area (TPSA) is 103 Å². The summed E-state index contributed by atoms with van der Waals surface area (Å²) in [6.45, 7) is 4.46. The second-order valence-corrected chi connectivity index (χ2v) is 10.8. The molecule has 2 aliphatic heterocycles. The zero-order valence-electron chi connectivity index (χ0n) is 23.7. The molecule has 228 valence electrons. The van der Waals surface area contributed by atoms with Gasteiger partial charge in [-0.1, -0.05) is 29.8 Å². The van der Waals surface area contributed by atoms with Gasteiger partial charge in [0.2, 0.25) is 5.91 Å². The lowest BCUT2D eigenvalue weighted by Gasteiger charge is -2.36. The van der Waals surface area contributed by atoms with Crippen LogP contribution in [-0.2, 0) is 20.7 Å². The number of rotatable bonds is 10. The largest absolute Gasteiger partial charge is 0.495 e. The maximum absolute atomic E-state index is 14.5. The fraction of sp³-hybridized carbons (Fsp3) is 0.483. The van der Waals surface area contributed by atoms with E-state index >= 15 is 0 Å². The highest BCUT2D eigenvalue weighted by Gasteiger charge is 2.47. The van der Waals surface area contributed by atoms with Gasteiger partial charge < -0.3 is 25.0 Å². The van der Waals surface area contributed by atoms with Crippen molar-refractivity contribution in [1.29, 1.82) is 0 Å². The third-order valence-corrected chi connectivity index (χ3v) is 7.61. The van der Waals surface area contributed by atoms with Gasteiger partial charge in [0.15, 0.2) is 0 Å². The standard InChI is InChI=1S/C29H36ClF2N5O5/c1-3-42-27(39)18-36-12-10-35(11-13-36)17-21-16-29(31,32)19-37(21)26(38)15-20-8-9-24(25(14-20)41-2)34-28(40)33-23-7-5-4-6-22(23)30/h4-9,14,21H,3,10-13,15-19H2,1-2H3,(H2,33,34,40). The first-order valence-electron chi connectivity index (χ1n) is 13.8. The molecule has 2 aromatic carbocycles. The van der Waals surface area contributed by atoms with Gasteiger partial charge in [-0.3, -0.25) is 19.4 Å². The summed E-state index contributed by atoms with van der Waals surface area (Å²) < 4.78 is 39.4. The van der Waals surface area contributed by atoms with E-state index < -0.39 is 36.9 Å². The molecular weight excluding hydrogens is 572 g/mol. The molecule has 0 aromatic heterocycles. The number of para-hydroxylation sites is 1. The molecule has 2 N–H and O–H groups in total. The number of alkyl halides is 2. The van der Waals surface area contributed by atoms with Gasteiger partial charge in [-0.15, -0.1) is 0 Å². The Hall–Kier alpha value is -3.48. The molecule has 42 heavy (non-hydrogen) atoms. The molecule has 1 atom stereocenters. The average Bonchev–Trinajstić information content (AvgIpc) is 3.25. The number of benzene rings is 2. The van der Waals surface area contributed by atoms with Crippen molar-refractivity contribution >= 4 is 40.9 Å². The highest BCUT2D eigenvalue weighted by atomic mass is 35.5. The number of urea groups is 1. The van der Waals surface area contributed by atoms with Crippen LogP contribution in [0.1, 0.15) is 18.9 Å². The van der Waals surface area contributed by atoms with Crippen LogP contribution in [0, 0.1) is 0 Å². The monoisotopic (exact) mass is 607 g/mol. The predicted molar refractivity (Wildman–Crippen MR) is 155 cm³/mol. The SMILES string of the molecule is CCOC(=O)CN1CCN(CC2CC(F)(F)CN2C(=O)Cc2ccc(NC(=O)Nc3ccccc3Cl)c(OC)c2)CC1. The number of likely N-dealkylation sites (tertiary alicyclic amines) is 1. The van der Waals surface area contributed by atoms with Crippen molar-refractivity contribution < 1.29 is 32.6 Å². The second-order valence-electron chi connectivity index (χ2n) is 10.4. The first kappa shape index (κ1) is 31.5. The summed E-state index contributed by atoms with van der Waals surface area (Å²) >= 11 is 6.10.